The molecular weight excluding hydrogens is 242 g/mol. The summed E-state index contributed by atoms with van der Waals surface area (Å²) in [4.78, 5) is 12.0. The Morgan fingerprint density at radius 3 is 2.47 bits per heavy atom. The van der Waals surface area contributed by atoms with Crippen LogP contribution in [0.15, 0.2) is 54.6 Å². The van der Waals surface area contributed by atoms with E-state index in [2.05, 4.69) is 5.32 Å². The van der Waals surface area contributed by atoms with Crippen LogP contribution in [-0.4, -0.2) is 22.7 Å². The van der Waals surface area contributed by atoms with Crippen molar-refractivity contribution in [3.63, 3.8) is 0 Å². The van der Waals surface area contributed by atoms with Crippen molar-refractivity contribution in [1.82, 2.24) is 5.32 Å². The molecule has 0 aromatic heterocycles. The molecule has 0 radical (unpaired) electrons. The Balaban J connectivity index is 2.13. The third kappa shape index (κ3) is 3.33. The molecule has 19 heavy (non-hydrogen) atoms. The fourth-order valence-electron chi connectivity index (χ4n) is 1.81. The predicted octanol–water partition coefficient (Wildman–Crippen LogP) is 1.86. The van der Waals surface area contributed by atoms with E-state index in [-0.39, 0.29) is 18.3 Å². The Kier molecular flexibility index (Phi) is 4.15. The summed E-state index contributed by atoms with van der Waals surface area (Å²) in [6.07, 6.45) is 0. The van der Waals surface area contributed by atoms with Crippen LogP contribution in [0.1, 0.15) is 22.0 Å². The molecular formula is C15H15NO3. The fraction of sp³-hybridized carbons (Fsp3) is 0.133. The van der Waals surface area contributed by atoms with E-state index in [0.717, 1.165) is 5.56 Å². The maximum absolute atomic E-state index is 12.0. The van der Waals surface area contributed by atoms with E-state index < -0.39 is 6.04 Å². The van der Waals surface area contributed by atoms with E-state index >= 15 is 0 Å². The average Bonchev–Trinajstić information content (AvgIpc) is 2.45. The Hall–Kier alpha value is -2.33. The van der Waals surface area contributed by atoms with Crippen LogP contribution < -0.4 is 5.32 Å². The molecule has 0 saturated carbocycles. The van der Waals surface area contributed by atoms with Gasteiger partial charge in [-0.25, -0.2) is 0 Å². The van der Waals surface area contributed by atoms with Gasteiger partial charge in [0.15, 0.2) is 0 Å². The third-order valence-electron chi connectivity index (χ3n) is 2.80. The van der Waals surface area contributed by atoms with Gasteiger partial charge in [-0.2, -0.15) is 0 Å². The van der Waals surface area contributed by atoms with Crippen LogP contribution in [0.25, 0.3) is 0 Å². The number of hydrogen-bond acceptors (Lipinski definition) is 3. The van der Waals surface area contributed by atoms with Gasteiger partial charge in [-0.3, -0.25) is 4.79 Å². The summed E-state index contributed by atoms with van der Waals surface area (Å²) in [6, 6.07) is 14.9. The lowest BCUT2D eigenvalue weighted by Crippen LogP contribution is -2.30. The Labute approximate surface area is 111 Å². The summed E-state index contributed by atoms with van der Waals surface area (Å²) in [5, 5.41) is 21.4. The zero-order chi connectivity index (χ0) is 13.7. The average molecular weight is 257 g/mol. The normalized spacial score (nSPS) is 11.8. The van der Waals surface area contributed by atoms with Crippen LogP contribution in [0.5, 0.6) is 5.75 Å². The number of carbonyl (C=O) groups excluding carboxylic acids is 1. The Bertz CT molecular complexity index is 554. The molecule has 0 fully saturated rings. The van der Waals surface area contributed by atoms with Crippen LogP contribution in [0.2, 0.25) is 0 Å². The first kappa shape index (κ1) is 13.1. The molecule has 1 unspecified atom stereocenters. The first-order chi connectivity index (χ1) is 9.20. The zero-order valence-corrected chi connectivity index (χ0v) is 10.3. The van der Waals surface area contributed by atoms with Gasteiger partial charge in [-0.1, -0.05) is 36.4 Å². The van der Waals surface area contributed by atoms with Gasteiger partial charge < -0.3 is 15.5 Å². The van der Waals surface area contributed by atoms with E-state index in [0.29, 0.717) is 5.56 Å². The summed E-state index contributed by atoms with van der Waals surface area (Å²) in [5.74, 6) is -0.299. The van der Waals surface area contributed by atoms with E-state index in [1.165, 1.54) is 12.1 Å². The van der Waals surface area contributed by atoms with Crippen LogP contribution >= 0.6 is 0 Å². The number of aliphatic hydroxyl groups excluding tert-OH is 1. The van der Waals surface area contributed by atoms with Gasteiger partial charge in [0, 0.05) is 5.56 Å². The molecule has 2 rings (SSSR count). The Morgan fingerprint density at radius 2 is 1.84 bits per heavy atom. The lowest BCUT2D eigenvalue weighted by atomic mass is 10.1. The van der Waals surface area contributed by atoms with Crippen molar-refractivity contribution >= 4 is 5.91 Å². The van der Waals surface area contributed by atoms with Gasteiger partial charge in [-0.05, 0) is 23.8 Å². The minimum Gasteiger partial charge on any atom is -0.508 e. The maximum Gasteiger partial charge on any atom is 0.251 e. The molecule has 0 aliphatic rings. The fourth-order valence-corrected chi connectivity index (χ4v) is 1.81. The van der Waals surface area contributed by atoms with E-state index in [9.17, 15) is 15.0 Å². The molecule has 0 spiro atoms. The van der Waals surface area contributed by atoms with Gasteiger partial charge in [0.2, 0.25) is 0 Å². The highest BCUT2D eigenvalue weighted by Crippen LogP contribution is 2.15. The second kappa shape index (κ2) is 6.02. The minimum absolute atomic E-state index is 0.0351. The number of carbonyl (C=O) groups is 1. The molecule has 2 aromatic rings. The monoisotopic (exact) mass is 257 g/mol. The summed E-state index contributed by atoms with van der Waals surface area (Å²) in [6.45, 7) is -0.186. The molecule has 0 saturated heterocycles. The Morgan fingerprint density at radius 1 is 1.11 bits per heavy atom. The number of phenols is 1. The molecule has 0 heterocycles. The van der Waals surface area contributed by atoms with E-state index in [1.54, 1.807) is 12.1 Å². The van der Waals surface area contributed by atoms with Gasteiger partial charge in [0.05, 0.1) is 12.6 Å². The van der Waals surface area contributed by atoms with Crippen molar-refractivity contribution in [2.75, 3.05) is 6.61 Å². The third-order valence-corrected chi connectivity index (χ3v) is 2.80. The second-order valence-electron chi connectivity index (χ2n) is 4.17. The lowest BCUT2D eigenvalue weighted by Gasteiger charge is -2.16. The molecule has 4 nitrogen and oxygen atoms in total. The highest BCUT2D eigenvalue weighted by Gasteiger charge is 2.14. The molecule has 1 atom stereocenters. The SMILES string of the molecule is O=C(NC(CO)c1ccccc1)c1cccc(O)c1. The first-order valence-corrected chi connectivity index (χ1v) is 5.96. The van der Waals surface area contributed by atoms with Gasteiger partial charge >= 0.3 is 0 Å². The molecule has 0 aliphatic carbocycles. The number of aliphatic hydroxyl groups is 1. The van der Waals surface area contributed by atoms with Crippen molar-refractivity contribution in [3.05, 3.63) is 65.7 Å². The van der Waals surface area contributed by atoms with Crippen molar-refractivity contribution in [3.8, 4) is 5.75 Å². The second-order valence-corrected chi connectivity index (χ2v) is 4.17. The quantitative estimate of drug-likeness (QED) is 0.783. The number of rotatable bonds is 4. The number of hydrogen-bond donors (Lipinski definition) is 3. The smallest absolute Gasteiger partial charge is 0.251 e. The number of amides is 1. The van der Waals surface area contributed by atoms with Crippen molar-refractivity contribution in [2.24, 2.45) is 0 Å². The molecule has 3 N–H and O–H groups in total. The molecule has 98 valence electrons. The predicted molar refractivity (Wildman–Crippen MR) is 71.8 cm³/mol. The first-order valence-electron chi connectivity index (χ1n) is 5.96. The van der Waals surface area contributed by atoms with Crippen molar-refractivity contribution < 1.29 is 15.0 Å². The van der Waals surface area contributed by atoms with Gasteiger partial charge in [0.1, 0.15) is 5.75 Å². The highest BCUT2D eigenvalue weighted by atomic mass is 16.3. The summed E-state index contributed by atoms with van der Waals surface area (Å²) in [7, 11) is 0. The molecule has 0 bridgehead atoms. The molecule has 4 heteroatoms. The zero-order valence-electron chi connectivity index (χ0n) is 10.3. The molecule has 0 aliphatic heterocycles. The molecule has 2 aromatic carbocycles. The lowest BCUT2D eigenvalue weighted by molar-refractivity contribution is 0.0916. The number of aromatic hydroxyl groups is 1. The van der Waals surface area contributed by atoms with Gasteiger partial charge in [-0.15, -0.1) is 0 Å². The summed E-state index contributed by atoms with van der Waals surface area (Å²) >= 11 is 0. The molecule has 1 amide bonds. The number of phenolic OH excluding ortho intramolecular Hbond substituents is 1. The van der Waals surface area contributed by atoms with Gasteiger partial charge in [0.25, 0.3) is 5.91 Å². The van der Waals surface area contributed by atoms with E-state index in [1.807, 2.05) is 30.3 Å². The number of benzene rings is 2. The largest absolute Gasteiger partial charge is 0.508 e. The minimum atomic E-state index is -0.462. The standard InChI is InChI=1S/C15H15NO3/c17-10-14(11-5-2-1-3-6-11)16-15(19)12-7-4-8-13(18)9-12/h1-9,14,17-18H,10H2,(H,16,19). The number of nitrogens with one attached hydrogen (secondary N) is 1. The topological polar surface area (TPSA) is 69.6 Å². The summed E-state index contributed by atoms with van der Waals surface area (Å²) in [5.41, 5.74) is 1.19. The van der Waals surface area contributed by atoms with Crippen LogP contribution in [-0.2, 0) is 0 Å². The van der Waals surface area contributed by atoms with E-state index in [4.69, 9.17) is 0 Å². The highest BCUT2D eigenvalue weighted by molar-refractivity contribution is 5.94. The summed E-state index contributed by atoms with van der Waals surface area (Å²) < 4.78 is 0. The van der Waals surface area contributed by atoms with Crippen molar-refractivity contribution in [1.29, 1.82) is 0 Å². The van der Waals surface area contributed by atoms with Crippen LogP contribution in [0, 0.1) is 0 Å². The van der Waals surface area contributed by atoms with Crippen molar-refractivity contribution in [2.45, 2.75) is 6.04 Å². The van der Waals surface area contributed by atoms with Crippen LogP contribution in [0.3, 0.4) is 0 Å². The van der Waals surface area contributed by atoms with Crippen LogP contribution in [0.4, 0.5) is 0 Å². The maximum atomic E-state index is 12.0.